The molecule has 0 bridgehead atoms. The Kier molecular flexibility index (Phi) is 15.9. The number of anilines is 9. The summed E-state index contributed by atoms with van der Waals surface area (Å²) < 4.78 is 2.53. The topological polar surface area (TPSA) is 14.7 Å². The predicted octanol–water partition coefficient (Wildman–Crippen LogP) is 30.8. The highest BCUT2D eigenvalue weighted by Gasteiger charge is 2.43. The van der Waals surface area contributed by atoms with E-state index >= 15 is 0 Å². The second-order valence-electron chi connectivity index (χ2n) is 29.9. The molecule has 2 aliphatic rings. The molecule has 19 aromatic carbocycles. The summed E-state index contributed by atoms with van der Waals surface area (Å²) in [6.45, 7) is 0. The van der Waals surface area contributed by atoms with Gasteiger partial charge >= 0.3 is 0 Å². The minimum absolute atomic E-state index is 1.00. The molecule has 0 saturated carbocycles. The van der Waals surface area contributed by atoms with Gasteiger partial charge in [-0.3, -0.25) is 0 Å². The maximum absolute atomic E-state index is 2.66. The molecule has 20 aromatic rings. The van der Waals surface area contributed by atoms with Crippen LogP contribution in [0.3, 0.4) is 0 Å². The quantitative estimate of drug-likeness (QED) is 0.114. The number of rotatable bonds is 13. The van der Waals surface area contributed by atoms with Gasteiger partial charge in [0, 0.05) is 33.0 Å². The Balaban J connectivity index is 0.916. The van der Waals surface area contributed by atoms with Crippen LogP contribution in [0.2, 0.25) is 0 Å². The van der Waals surface area contributed by atoms with Gasteiger partial charge in [-0.05, 0) is 195 Å². The van der Waals surface area contributed by atoms with Crippen LogP contribution in [0.25, 0.3) is 160 Å². The highest BCUT2D eigenvalue weighted by Crippen LogP contribution is 2.67. The largest absolute Gasteiger partial charge is 0.309 e. The summed E-state index contributed by atoms with van der Waals surface area (Å²) in [4.78, 5) is 7.98. The van der Waals surface area contributed by atoms with Crippen molar-refractivity contribution in [1.82, 2.24) is 4.57 Å². The molecule has 0 N–H and O–H groups in total. The SMILES string of the molecule is c1ccc(-c2cccc(-c3cccc(-c4cccc(-c5ccccc5)c4)c3N3c4ccc(-c5ccc6ccccc6c5)cc4N4c5cc(-c6ccc7ccccc7c6)ccc5N(c5c(-c6cccc(-c7ccccc7)c6)cccc5-c5cccc(-c6ccccc6)c5)c5cc(-n6c7ccccc7c7ccccc76)cc3c54)c2)cc1. The number of hydrogen-bond donors (Lipinski definition) is 0. The summed E-state index contributed by atoms with van der Waals surface area (Å²) in [7, 11) is 0. The van der Waals surface area contributed by atoms with Crippen LogP contribution in [0.4, 0.5) is 51.2 Å². The van der Waals surface area contributed by atoms with Gasteiger partial charge in [0.1, 0.15) is 0 Å². The van der Waals surface area contributed by atoms with E-state index in [1.165, 1.54) is 32.3 Å². The van der Waals surface area contributed by atoms with Crippen molar-refractivity contribution in [3.8, 4) is 117 Å². The summed E-state index contributed by atoms with van der Waals surface area (Å²) in [6, 6.07) is 163. The molecule has 532 valence electrons. The fourth-order valence-electron chi connectivity index (χ4n) is 18.0. The maximum atomic E-state index is 2.66. The van der Waals surface area contributed by atoms with Crippen molar-refractivity contribution in [3.05, 3.63) is 437 Å². The Hall–Kier alpha value is -15.1. The van der Waals surface area contributed by atoms with E-state index < -0.39 is 0 Å². The molecular weight excluding hydrogens is 1380 g/mol. The molecule has 1 aromatic heterocycles. The Labute approximate surface area is 663 Å². The first-order valence-electron chi connectivity index (χ1n) is 39.3. The number of aromatic nitrogens is 1. The van der Waals surface area contributed by atoms with Gasteiger partial charge in [0.05, 0.1) is 67.9 Å². The van der Waals surface area contributed by atoms with Crippen molar-refractivity contribution in [1.29, 1.82) is 0 Å². The first-order valence-corrected chi connectivity index (χ1v) is 39.3. The molecule has 2 aliphatic heterocycles. The lowest BCUT2D eigenvalue weighted by atomic mass is 9.88. The lowest BCUT2D eigenvalue weighted by Gasteiger charge is -2.48. The minimum atomic E-state index is 1.00. The van der Waals surface area contributed by atoms with Gasteiger partial charge in [-0.15, -0.1) is 0 Å². The smallest absolute Gasteiger partial charge is 0.0949 e. The van der Waals surface area contributed by atoms with Crippen LogP contribution in [0.1, 0.15) is 0 Å². The molecule has 0 unspecified atom stereocenters. The van der Waals surface area contributed by atoms with Gasteiger partial charge in [0.25, 0.3) is 0 Å². The number of fused-ring (bicyclic) bond motifs is 9. The molecular formula is C110H72N4. The van der Waals surface area contributed by atoms with E-state index in [1.54, 1.807) is 0 Å². The second kappa shape index (κ2) is 27.5. The van der Waals surface area contributed by atoms with E-state index in [0.717, 1.165) is 179 Å². The zero-order valence-corrected chi connectivity index (χ0v) is 62.4. The highest BCUT2D eigenvalue weighted by molar-refractivity contribution is 6.19. The molecule has 4 heteroatoms. The van der Waals surface area contributed by atoms with Gasteiger partial charge in [0.15, 0.2) is 0 Å². The maximum Gasteiger partial charge on any atom is 0.0949 e. The van der Waals surface area contributed by atoms with Gasteiger partial charge in [-0.1, -0.05) is 352 Å². The van der Waals surface area contributed by atoms with Crippen molar-refractivity contribution in [2.75, 3.05) is 14.7 Å². The molecule has 0 radical (unpaired) electrons. The van der Waals surface area contributed by atoms with Gasteiger partial charge in [0.2, 0.25) is 0 Å². The van der Waals surface area contributed by atoms with Crippen LogP contribution in [-0.2, 0) is 0 Å². The summed E-state index contributed by atoms with van der Waals surface area (Å²) in [5.74, 6) is 0. The van der Waals surface area contributed by atoms with Crippen LogP contribution < -0.4 is 14.7 Å². The monoisotopic (exact) mass is 1450 g/mol. The van der Waals surface area contributed by atoms with E-state index in [-0.39, 0.29) is 0 Å². The first kappa shape index (κ1) is 65.9. The first-order chi connectivity index (χ1) is 56.5. The highest BCUT2D eigenvalue weighted by atomic mass is 15.3. The third-order valence-electron chi connectivity index (χ3n) is 23.3. The average molecular weight is 1450 g/mol. The Morgan fingerprint density at radius 1 is 0.140 bits per heavy atom. The standard InChI is InChI=1S/C110H72N4/c1-5-27-73(28-6-1)81-39-21-43-89(65-81)94-49-25-50-95(90-44-22-40-82(66-90)74-29-7-2-8-30-74)108(94)112-102-61-59-87(85-57-55-77-35-13-15-37-79(77)63-85)69-104(102)114-105-70-88(86-58-56-78-36-14-16-38-80(78)64-86)60-62-103(105)113(107-72-93(71-106(112)110(107)114)111-100-53-19-17-47-98(100)99-48-18-20-54-101(99)111)109-96(91-45-23-41-83(67-91)75-31-9-3-10-32-75)51-26-52-97(109)92-46-24-42-84(68-92)76-33-11-4-12-34-76/h1-72H. The van der Waals surface area contributed by atoms with Crippen LogP contribution in [0, 0.1) is 0 Å². The van der Waals surface area contributed by atoms with E-state index in [4.69, 9.17) is 0 Å². The molecule has 0 amide bonds. The fraction of sp³-hybridized carbons (Fsp3) is 0. The molecule has 22 rings (SSSR count). The Bertz CT molecular complexity index is 6560. The van der Waals surface area contributed by atoms with E-state index in [1.807, 2.05) is 0 Å². The van der Waals surface area contributed by atoms with Gasteiger partial charge in [-0.2, -0.15) is 0 Å². The number of hydrogen-bond acceptors (Lipinski definition) is 3. The molecule has 4 nitrogen and oxygen atoms in total. The molecule has 3 heterocycles. The van der Waals surface area contributed by atoms with Crippen LogP contribution >= 0.6 is 0 Å². The van der Waals surface area contributed by atoms with Crippen molar-refractivity contribution in [3.63, 3.8) is 0 Å². The van der Waals surface area contributed by atoms with Crippen LogP contribution in [0.15, 0.2) is 437 Å². The molecule has 0 saturated heterocycles. The predicted molar refractivity (Wildman–Crippen MR) is 481 cm³/mol. The molecule has 0 aliphatic carbocycles. The van der Waals surface area contributed by atoms with Gasteiger partial charge in [-0.25, -0.2) is 0 Å². The molecule has 0 spiro atoms. The Morgan fingerprint density at radius 3 is 0.781 bits per heavy atom. The number of nitrogens with zero attached hydrogens (tertiary/aromatic N) is 4. The molecule has 114 heavy (non-hydrogen) atoms. The van der Waals surface area contributed by atoms with E-state index in [2.05, 4.69) is 456 Å². The lowest BCUT2D eigenvalue weighted by molar-refractivity contribution is 1.10. The van der Waals surface area contributed by atoms with Crippen LogP contribution in [-0.4, -0.2) is 4.57 Å². The van der Waals surface area contributed by atoms with Crippen molar-refractivity contribution in [2.24, 2.45) is 0 Å². The summed E-state index contributed by atoms with van der Waals surface area (Å²) >= 11 is 0. The summed E-state index contributed by atoms with van der Waals surface area (Å²) in [6.07, 6.45) is 0. The van der Waals surface area contributed by atoms with Crippen molar-refractivity contribution < 1.29 is 0 Å². The zero-order valence-electron chi connectivity index (χ0n) is 62.4. The molecule has 0 atom stereocenters. The fourth-order valence-corrected chi connectivity index (χ4v) is 18.0. The van der Waals surface area contributed by atoms with Crippen LogP contribution in [0.5, 0.6) is 0 Å². The lowest BCUT2D eigenvalue weighted by Crippen LogP contribution is -2.31. The Morgan fingerprint density at radius 2 is 0.412 bits per heavy atom. The summed E-state index contributed by atoms with van der Waals surface area (Å²) in [5, 5.41) is 7.13. The molecule has 0 fully saturated rings. The minimum Gasteiger partial charge on any atom is -0.309 e. The van der Waals surface area contributed by atoms with Crippen molar-refractivity contribution in [2.45, 2.75) is 0 Å². The van der Waals surface area contributed by atoms with E-state index in [9.17, 15) is 0 Å². The van der Waals surface area contributed by atoms with Gasteiger partial charge < -0.3 is 19.3 Å². The van der Waals surface area contributed by atoms with Crippen molar-refractivity contribution >= 4 is 94.5 Å². The summed E-state index contributed by atoms with van der Waals surface area (Å²) in [5.41, 5.74) is 34.8. The normalized spacial score (nSPS) is 12.2. The number of para-hydroxylation sites is 4. The second-order valence-corrected chi connectivity index (χ2v) is 29.9. The third-order valence-corrected chi connectivity index (χ3v) is 23.3. The third kappa shape index (κ3) is 11.3. The van der Waals surface area contributed by atoms with E-state index in [0.29, 0.717) is 0 Å². The zero-order chi connectivity index (χ0) is 75.2. The number of benzene rings is 19. The average Bonchev–Trinajstić information content (AvgIpc) is 0.816.